The first-order valence-corrected chi connectivity index (χ1v) is 7.01. The highest BCUT2D eigenvalue weighted by molar-refractivity contribution is 5.83. The number of rotatable bonds is 1. The third-order valence-electron chi connectivity index (χ3n) is 4.37. The summed E-state index contributed by atoms with van der Waals surface area (Å²) >= 11 is 0. The van der Waals surface area contributed by atoms with Crippen LogP contribution in [0.2, 0.25) is 0 Å². The summed E-state index contributed by atoms with van der Waals surface area (Å²) < 4.78 is 11.2. The summed E-state index contributed by atoms with van der Waals surface area (Å²) in [5.74, 6) is 2.08. The van der Waals surface area contributed by atoms with Crippen molar-refractivity contribution in [3.05, 3.63) is 18.2 Å². The molecule has 2 bridgehead atoms. The molecule has 0 amide bonds. The monoisotopic (exact) mass is 259 g/mol. The molecule has 2 unspecified atom stereocenters. The summed E-state index contributed by atoms with van der Waals surface area (Å²) in [6, 6.07) is 6.91. The van der Waals surface area contributed by atoms with Crippen LogP contribution in [-0.2, 0) is 4.79 Å². The van der Waals surface area contributed by atoms with Crippen molar-refractivity contribution in [1.29, 1.82) is 0 Å². The van der Waals surface area contributed by atoms with E-state index in [-0.39, 0.29) is 0 Å². The Labute approximate surface area is 112 Å². The minimum atomic E-state index is 0.383. The van der Waals surface area contributed by atoms with Crippen molar-refractivity contribution in [3.8, 4) is 11.5 Å². The molecule has 4 rings (SSSR count). The third-order valence-corrected chi connectivity index (χ3v) is 4.37. The number of carbonyl (C=O) groups excluding carboxylic acids is 1. The van der Waals surface area contributed by atoms with Gasteiger partial charge in [0.25, 0.3) is 0 Å². The summed E-state index contributed by atoms with van der Waals surface area (Å²) in [5.41, 5.74) is 1.17. The largest absolute Gasteiger partial charge is 0.486 e. The Bertz CT molecular complexity index is 512. The molecule has 2 atom stereocenters. The number of ether oxygens (including phenoxy) is 2. The van der Waals surface area contributed by atoms with Gasteiger partial charge in [-0.2, -0.15) is 0 Å². The molecule has 3 aliphatic rings. The smallest absolute Gasteiger partial charge is 0.163 e. The molecular weight excluding hydrogens is 242 g/mol. The first kappa shape index (κ1) is 11.1. The van der Waals surface area contributed by atoms with E-state index in [0.717, 1.165) is 24.3 Å². The van der Waals surface area contributed by atoms with Crippen molar-refractivity contribution in [2.45, 2.75) is 37.8 Å². The maximum Gasteiger partial charge on any atom is 0.163 e. The second-order valence-electron chi connectivity index (χ2n) is 5.57. The zero-order valence-corrected chi connectivity index (χ0v) is 10.8. The van der Waals surface area contributed by atoms with E-state index >= 15 is 0 Å². The topological polar surface area (TPSA) is 38.8 Å². The summed E-state index contributed by atoms with van der Waals surface area (Å²) in [6.07, 6.45) is 3.66. The second kappa shape index (κ2) is 4.15. The fraction of sp³-hybridized carbons (Fsp3) is 0.533. The zero-order chi connectivity index (χ0) is 12.8. The number of Topliss-reactive ketones (excluding diaryl/α,β-unsaturated/α-hetero) is 1. The molecule has 0 radical (unpaired) electrons. The molecule has 2 saturated heterocycles. The van der Waals surface area contributed by atoms with Crippen LogP contribution in [-0.4, -0.2) is 31.1 Å². The maximum atomic E-state index is 11.7. The molecule has 0 aromatic heterocycles. The summed E-state index contributed by atoms with van der Waals surface area (Å²) in [7, 11) is 0. The normalized spacial score (nSPS) is 28.6. The minimum absolute atomic E-state index is 0.383. The highest BCUT2D eigenvalue weighted by Gasteiger charge is 2.40. The number of ketones is 1. The second-order valence-corrected chi connectivity index (χ2v) is 5.57. The van der Waals surface area contributed by atoms with Gasteiger partial charge in [-0.3, -0.25) is 4.79 Å². The van der Waals surface area contributed by atoms with E-state index in [9.17, 15) is 4.79 Å². The third kappa shape index (κ3) is 1.78. The van der Waals surface area contributed by atoms with Gasteiger partial charge in [0, 0.05) is 36.7 Å². The predicted molar refractivity (Wildman–Crippen MR) is 71.0 cm³/mol. The molecular formula is C15H17NO3. The van der Waals surface area contributed by atoms with E-state index in [2.05, 4.69) is 17.0 Å². The molecule has 4 nitrogen and oxygen atoms in total. The lowest BCUT2D eigenvalue weighted by atomic mass is 10.0. The van der Waals surface area contributed by atoms with Crippen molar-refractivity contribution in [2.75, 3.05) is 18.1 Å². The van der Waals surface area contributed by atoms with Crippen molar-refractivity contribution < 1.29 is 14.3 Å². The molecule has 100 valence electrons. The van der Waals surface area contributed by atoms with E-state index in [4.69, 9.17) is 9.47 Å². The number of nitrogens with zero attached hydrogens (tertiary/aromatic N) is 1. The predicted octanol–water partition coefficient (Wildman–Crippen LogP) is 2.16. The van der Waals surface area contributed by atoms with E-state index in [1.165, 1.54) is 5.69 Å². The Balaban J connectivity index is 1.67. The van der Waals surface area contributed by atoms with Gasteiger partial charge >= 0.3 is 0 Å². The van der Waals surface area contributed by atoms with Gasteiger partial charge in [-0.1, -0.05) is 0 Å². The van der Waals surface area contributed by atoms with Gasteiger partial charge in [0.05, 0.1) is 0 Å². The molecule has 0 aliphatic carbocycles. The first-order valence-electron chi connectivity index (χ1n) is 7.01. The van der Waals surface area contributed by atoms with Crippen LogP contribution in [0, 0.1) is 0 Å². The Kier molecular flexibility index (Phi) is 2.43. The summed E-state index contributed by atoms with van der Waals surface area (Å²) in [5, 5.41) is 0. The van der Waals surface area contributed by atoms with E-state index < -0.39 is 0 Å². The molecule has 19 heavy (non-hydrogen) atoms. The SMILES string of the molecule is O=C1CC2CCC(C1)N2c1ccc2c(c1)OCCO2. The first-order chi connectivity index (χ1) is 9.31. The fourth-order valence-electron chi connectivity index (χ4n) is 3.59. The summed E-state index contributed by atoms with van der Waals surface area (Å²) in [4.78, 5) is 14.1. The van der Waals surface area contributed by atoms with Crippen LogP contribution >= 0.6 is 0 Å². The number of carbonyl (C=O) groups is 1. The van der Waals surface area contributed by atoms with Crippen molar-refractivity contribution in [2.24, 2.45) is 0 Å². The lowest BCUT2D eigenvalue weighted by Gasteiger charge is -2.36. The van der Waals surface area contributed by atoms with Gasteiger partial charge < -0.3 is 14.4 Å². The van der Waals surface area contributed by atoms with E-state index in [1.807, 2.05) is 6.07 Å². The van der Waals surface area contributed by atoms with Crippen LogP contribution in [0.4, 0.5) is 5.69 Å². The molecule has 3 heterocycles. The van der Waals surface area contributed by atoms with Crippen molar-refractivity contribution in [1.82, 2.24) is 0 Å². The fourth-order valence-corrected chi connectivity index (χ4v) is 3.59. The minimum Gasteiger partial charge on any atom is -0.486 e. The van der Waals surface area contributed by atoms with E-state index in [1.54, 1.807) is 0 Å². The lowest BCUT2D eigenvalue weighted by molar-refractivity contribution is -0.120. The highest BCUT2D eigenvalue weighted by Crippen LogP contribution is 2.41. The van der Waals surface area contributed by atoms with E-state index in [0.29, 0.717) is 43.9 Å². The Morgan fingerprint density at radius 3 is 2.42 bits per heavy atom. The molecule has 1 aromatic carbocycles. The molecule has 4 heteroatoms. The maximum absolute atomic E-state index is 11.7. The lowest BCUT2D eigenvalue weighted by Crippen LogP contribution is -2.43. The van der Waals surface area contributed by atoms with Crippen molar-refractivity contribution >= 4 is 11.5 Å². The quantitative estimate of drug-likeness (QED) is 0.774. The van der Waals surface area contributed by atoms with Gasteiger partial charge in [-0.25, -0.2) is 0 Å². The van der Waals surface area contributed by atoms with Gasteiger partial charge in [0.1, 0.15) is 19.0 Å². The van der Waals surface area contributed by atoms with Crippen LogP contribution in [0.5, 0.6) is 11.5 Å². The number of benzene rings is 1. The standard InChI is InChI=1S/C15H17NO3/c17-13-7-10-1-2-11(8-13)16(10)12-3-4-14-15(9-12)19-6-5-18-14/h3-4,9-11H,1-2,5-8H2. The Hall–Kier alpha value is -1.71. The molecule has 0 N–H and O–H groups in total. The molecule has 3 aliphatic heterocycles. The number of hydrogen-bond acceptors (Lipinski definition) is 4. The zero-order valence-electron chi connectivity index (χ0n) is 10.8. The Morgan fingerprint density at radius 2 is 1.68 bits per heavy atom. The number of fused-ring (bicyclic) bond motifs is 3. The van der Waals surface area contributed by atoms with Crippen LogP contribution in [0.1, 0.15) is 25.7 Å². The Morgan fingerprint density at radius 1 is 1.00 bits per heavy atom. The van der Waals surface area contributed by atoms with Gasteiger partial charge in [-0.15, -0.1) is 0 Å². The average molecular weight is 259 g/mol. The molecule has 0 saturated carbocycles. The van der Waals surface area contributed by atoms with Gasteiger partial charge in [-0.05, 0) is 25.0 Å². The number of hydrogen-bond donors (Lipinski definition) is 0. The van der Waals surface area contributed by atoms with Gasteiger partial charge in [0.2, 0.25) is 0 Å². The van der Waals surface area contributed by atoms with Crippen LogP contribution in [0.25, 0.3) is 0 Å². The number of anilines is 1. The molecule has 1 aromatic rings. The number of piperidine rings is 1. The van der Waals surface area contributed by atoms with Crippen LogP contribution in [0.15, 0.2) is 18.2 Å². The van der Waals surface area contributed by atoms with Crippen molar-refractivity contribution in [3.63, 3.8) is 0 Å². The van der Waals surface area contributed by atoms with Gasteiger partial charge in [0.15, 0.2) is 11.5 Å². The molecule has 0 spiro atoms. The highest BCUT2D eigenvalue weighted by atomic mass is 16.6. The molecule has 2 fully saturated rings. The summed E-state index contributed by atoms with van der Waals surface area (Å²) in [6.45, 7) is 1.23. The van der Waals surface area contributed by atoms with Crippen LogP contribution < -0.4 is 14.4 Å². The average Bonchev–Trinajstić information content (AvgIpc) is 2.70. The van der Waals surface area contributed by atoms with Crippen LogP contribution in [0.3, 0.4) is 0 Å².